The van der Waals surface area contributed by atoms with Crippen molar-refractivity contribution < 1.29 is 29.0 Å². The summed E-state index contributed by atoms with van der Waals surface area (Å²) in [6.07, 6.45) is 0. The van der Waals surface area contributed by atoms with Crippen LogP contribution in [0.15, 0.2) is 53.1 Å². The first-order valence-electron chi connectivity index (χ1n) is 9.73. The van der Waals surface area contributed by atoms with E-state index in [0.29, 0.717) is 16.8 Å². The van der Waals surface area contributed by atoms with Crippen LogP contribution in [0.25, 0.3) is 0 Å². The molecule has 3 amide bonds. The predicted octanol–water partition coefficient (Wildman–Crippen LogP) is 1.23. The Balaban J connectivity index is 1.58. The molecule has 5 rings (SSSR count). The fourth-order valence-electron chi connectivity index (χ4n) is 4.40. The Labute approximate surface area is 186 Å². The molecule has 3 aliphatic rings. The van der Waals surface area contributed by atoms with Gasteiger partial charge in [-0.25, -0.2) is 9.69 Å². The van der Waals surface area contributed by atoms with Gasteiger partial charge in [-0.2, -0.15) is 0 Å². The van der Waals surface area contributed by atoms with E-state index in [2.05, 4.69) is 5.32 Å². The molecule has 0 unspecified atom stereocenters. The zero-order valence-electron chi connectivity index (χ0n) is 16.7. The van der Waals surface area contributed by atoms with Crippen molar-refractivity contribution in [2.45, 2.75) is 11.2 Å². The van der Waals surface area contributed by atoms with Crippen LogP contribution < -0.4 is 20.7 Å². The van der Waals surface area contributed by atoms with Crippen LogP contribution in [0.1, 0.15) is 21.8 Å². The van der Waals surface area contributed by atoms with E-state index in [1.807, 2.05) is 0 Å². The van der Waals surface area contributed by atoms with Crippen LogP contribution in [0.4, 0.5) is 5.69 Å². The number of rotatable bonds is 2. The maximum absolute atomic E-state index is 13.5. The molecule has 0 aliphatic carbocycles. The summed E-state index contributed by atoms with van der Waals surface area (Å²) in [5, 5.41) is 11.6. The number of benzene rings is 2. The number of nitrogens with zero attached hydrogens (tertiary/aromatic N) is 1. The van der Waals surface area contributed by atoms with Crippen molar-refractivity contribution in [3.63, 3.8) is 0 Å². The van der Waals surface area contributed by atoms with Crippen molar-refractivity contribution in [2.24, 2.45) is 11.7 Å². The van der Waals surface area contributed by atoms with Gasteiger partial charge in [0.05, 0.1) is 22.2 Å². The molecular formula is C22H17N3O6S. The fourth-order valence-corrected chi connectivity index (χ4v) is 5.64. The van der Waals surface area contributed by atoms with Gasteiger partial charge in [-0.15, -0.1) is 0 Å². The Bertz CT molecular complexity index is 1240. The lowest BCUT2D eigenvalue weighted by Crippen LogP contribution is -2.39. The van der Waals surface area contributed by atoms with Crippen molar-refractivity contribution in [2.75, 3.05) is 11.9 Å². The van der Waals surface area contributed by atoms with Gasteiger partial charge in [0.25, 0.3) is 5.91 Å². The normalized spacial score (nSPS) is 24.0. The maximum atomic E-state index is 13.5. The SMILES string of the molecule is CNC(=O)c1ccc(N2C(=O)[C@H]3[C@H](SC(N)=C4C(=O)Oc5cc(O)ccc5[C@@H]43)C2=O)cc1. The van der Waals surface area contributed by atoms with Crippen LogP contribution >= 0.6 is 11.8 Å². The van der Waals surface area contributed by atoms with Crippen LogP contribution in [-0.4, -0.2) is 41.1 Å². The lowest BCUT2D eigenvalue weighted by Gasteiger charge is -2.36. The highest BCUT2D eigenvalue weighted by Crippen LogP contribution is 2.54. The second kappa shape index (κ2) is 7.13. The number of anilines is 1. The number of fused-ring (bicyclic) bond motifs is 5. The molecule has 32 heavy (non-hydrogen) atoms. The highest BCUT2D eigenvalue weighted by atomic mass is 32.2. The Kier molecular flexibility index (Phi) is 4.48. The zero-order chi connectivity index (χ0) is 22.7. The Morgan fingerprint density at radius 1 is 1.12 bits per heavy atom. The summed E-state index contributed by atoms with van der Waals surface area (Å²) < 4.78 is 5.32. The third-order valence-corrected chi connectivity index (χ3v) is 7.08. The number of phenolic OH excluding ortho intramolecular Hbond substituents is 1. The standard InChI is InChI=1S/C22H17N3O6S/c1-24-19(27)9-2-4-10(5-3-9)25-20(28)15-14-12-7-6-11(26)8-13(12)31-22(30)16(14)18(23)32-17(15)21(25)29/h2-8,14-15,17,26H,23H2,1H3,(H,24,27)/t14-,15-,17+/m1/s1. The Hall–Kier alpha value is -3.79. The molecule has 0 aromatic heterocycles. The molecule has 0 saturated carbocycles. The highest BCUT2D eigenvalue weighted by Gasteiger charge is 2.58. The molecule has 9 nitrogen and oxygen atoms in total. The number of hydrogen-bond donors (Lipinski definition) is 3. The fraction of sp³-hybridized carbons (Fsp3) is 0.182. The Morgan fingerprint density at radius 3 is 2.53 bits per heavy atom. The summed E-state index contributed by atoms with van der Waals surface area (Å²) >= 11 is 0.977. The summed E-state index contributed by atoms with van der Waals surface area (Å²) in [5.74, 6) is -3.51. The number of carbonyl (C=O) groups excluding carboxylic acids is 4. The second-order valence-corrected chi connectivity index (χ2v) is 8.75. The number of ether oxygens (including phenoxy) is 1. The lowest BCUT2D eigenvalue weighted by atomic mass is 9.77. The van der Waals surface area contributed by atoms with Gasteiger partial charge >= 0.3 is 5.97 Å². The molecule has 2 aromatic carbocycles. The van der Waals surface area contributed by atoms with E-state index in [0.717, 1.165) is 16.7 Å². The van der Waals surface area contributed by atoms with E-state index < -0.39 is 34.9 Å². The van der Waals surface area contributed by atoms with Crippen molar-refractivity contribution in [3.8, 4) is 11.5 Å². The second-order valence-electron chi connectivity index (χ2n) is 7.57. The minimum Gasteiger partial charge on any atom is -0.508 e. The molecule has 1 fully saturated rings. The average molecular weight is 451 g/mol. The van der Waals surface area contributed by atoms with Crippen molar-refractivity contribution in [1.29, 1.82) is 0 Å². The van der Waals surface area contributed by atoms with Gasteiger partial charge < -0.3 is 20.9 Å². The monoisotopic (exact) mass is 451 g/mol. The molecule has 162 valence electrons. The number of thioether (sulfide) groups is 1. The number of amides is 3. The number of nitrogens with one attached hydrogen (secondary N) is 1. The van der Waals surface area contributed by atoms with Crippen molar-refractivity contribution in [3.05, 3.63) is 64.2 Å². The van der Waals surface area contributed by atoms with Crippen LogP contribution in [0, 0.1) is 5.92 Å². The average Bonchev–Trinajstić information content (AvgIpc) is 3.02. The maximum Gasteiger partial charge on any atom is 0.342 e. The molecule has 0 bridgehead atoms. The Morgan fingerprint density at radius 2 is 1.84 bits per heavy atom. The minimum atomic E-state index is -0.871. The quantitative estimate of drug-likeness (QED) is 0.352. The van der Waals surface area contributed by atoms with Gasteiger partial charge in [-0.3, -0.25) is 14.4 Å². The number of phenols is 1. The van der Waals surface area contributed by atoms with Crippen LogP contribution in [0.5, 0.6) is 11.5 Å². The molecule has 3 aliphatic heterocycles. The number of imide groups is 1. The molecule has 10 heteroatoms. The summed E-state index contributed by atoms with van der Waals surface area (Å²) in [5.41, 5.74) is 7.52. The molecule has 0 radical (unpaired) electrons. The van der Waals surface area contributed by atoms with Gasteiger partial charge in [0, 0.05) is 30.2 Å². The minimum absolute atomic E-state index is 0.0923. The van der Waals surface area contributed by atoms with E-state index in [4.69, 9.17) is 10.5 Å². The van der Waals surface area contributed by atoms with E-state index in [-0.39, 0.29) is 28.0 Å². The van der Waals surface area contributed by atoms with E-state index in [9.17, 15) is 24.3 Å². The molecule has 3 heterocycles. The molecular weight excluding hydrogens is 434 g/mol. The van der Waals surface area contributed by atoms with Gasteiger partial charge in [-0.05, 0) is 30.3 Å². The summed E-state index contributed by atoms with van der Waals surface area (Å²) in [6.45, 7) is 0. The van der Waals surface area contributed by atoms with Gasteiger partial charge in [0.15, 0.2) is 0 Å². The third-order valence-electron chi connectivity index (χ3n) is 5.85. The van der Waals surface area contributed by atoms with Crippen molar-refractivity contribution in [1.82, 2.24) is 5.32 Å². The van der Waals surface area contributed by atoms with Gasteiger partial charge in [0.1, 0.15) is 16.7 Å². The topological polar surface area (TPSA) is 139 Å². The van der Waals surface area contributed by atoms with Crippen molar-refractivity contribution >= 4 is 41.1 Å². The molecule has 2 aromatic rings. The van der Waals surface area contributed by atoms with Crippen LogP contribution in [0.3, 0.4) is 0 Å². The number of aromatic hydroxyl groups is 1. The first-order chi connectivity index (χ1) is 15.3. The number of hydrogen-bond acceptors (Lipinski definition) is 8. The number of nitrogens with two attached hydrogens (primary N) is 1. The first-order valence-corrected chi connectivity index (χ1v) is 10.6. The van der Waals surface area contributed by atoms with Gasteiger partial charge in [0.2, 0.25) is 11.8 Å². The zero-order valence-corrected chi connectivity index (χ0v) is 17.5. The molecule has 0 spiro atoms. The van der Waals surface area contributed by atoms with E-state index in [1.165, 1.54) is 43.4 Å². The van der Waals surface area contributed by atoms with E-state index in [1.54, 1.807) is 6.07 Å². The molecule has 1 saturated heterocycles. The molecule has 3 atom stereocenters. The number of carbonyl (C=O) groups is 4. The van der Waals surface area contributed by atoms with E-state index >= 15 is 0 Å². The predicted molar refractivity (Wildman–Crippen MR) is 115 cm³/mol. The van der Waals surface area contributed by atoms with Crippen LogP contribution in [0.2, 0.25) is 0 Å². The first kappa shape index (κ1) is 20.1. The smallest absolute Gasteiger partial charge is 0.342 e. The highest BCUT2D eigenvalue weighted by molar-refractivity contribution is 8.04. The summed E-state index contributed by atoms with van der Waals surface area (Å²) in [4.78, 5) is 52.3. The largest absolute Gasteiger partial charge is 0.508 e. The summed E-state index contributed by atoms with van der Waals surface area (Å²) in [7, 11) is 1.51. The lowest BCUT2D eigenvalue weighted by molar-refractivity contribution is -0.131. The van der Waals surface area contributed by atoms with Crippen LogP contribution in [-0.2, 0) is 14.4 Å². The third kappa shape index (κ3) is 2.79. The van der Waals surface area contributed by atoms with Gasteiger partial charge in [-0.1, -0.05) is 17.8 Å². The molecule has 4 N–H and O–H groups in total. The summed E-state index contributed by atoms with van der Waals surface area (Å²) in [6, 6.07) is 10.4. The number of esters is 1.